The summed E-state index contributed by atoms with van der Waals surface area (Å²) in [5, 5.41) is 0. The SMILES string of the molecule is CC1(C)CC1c1nc(-c2ccccc2)cc(=O)[nH]1. The Morgan fingerprint density at radius 2 is 1.94 bits per heavy atom. The number of rotatable bonds is 2. The lowest BCUT2D eigenvalue weighted by Gasteiger charge is -2.05. The van der Waals surface area contributed by atoms with Crippen molar-refractivity contribution in [1.82, 2.24) is 9.97 Å². The molecule has 0 spiro atoms. The topological polar surface area (TPSA) is 45.8 Å². The van der Waals surface area contributed by atoms with E-state index in [0.717, 1.165) is 23.5 Å². The predicted molar refractivity (Wildman–Crippen MR) is 71.4 cm³/mol. The Kier molecular flexibility index (Phi) is 2.37. The molecule has 3 heteroatoms. The predicted octanol–water partition coefficient (Wildman–Crippen LogP) is 2.95. The van der Waals surface area contributed by atoms with E-state index in [1.54, 1.807) is 6.07 Å². The van der Waals surface area contributed by atoms with Gasteiger partial charge in [-0.05, 0) is 11.8 Å². The summed E-state index contributed by atoms with van der Waals surface area (Å²) in [7, 11) is 0. The molecule has 0 bridgehead atoms. The first-order valence-electron chi connectivity index (χ1n) is 6.23. The minimum absolute atomic E-state index is 0.0680. The van der Waals surface area contributed by atoms with Gasteiger partial charge < -0.3 is 4.98 Å². The van der Waals surface area contributed by atoms with E-state index >= 15 is 0 Å². The number of aromatic nitrogens is 2. The summed E-state index contributed by atoms with van der Waals surface area (Å²) in [5.74, 6) is 1.21. The molecule has 0 saturated heterocycles. The molecule has 1 N–H and O–H groups in total. The molecule has 1 saturated carbocycles. The average molecular weight is 240 g/mol. The maximum absolute atomic E-state index is 11.7. The summed E-state index contributed by atoms with van der Waals surface area (Å²) in [6.07, 6.45) is 1.09. The van der Waals surface area contributed by atoms with E-state index in [1.807, 2.05) is 30.3 Å². The standard InChI is InChI=1S/C15H16N2O/c1-15(2)9-11(15)14-16-12(8-13(18)17-14)10-6-4-3-5-7-10/h3-8,11H,9H2,1-2H3,(H,16,17,18). The summed E-state index contributed by atoms with van der Waals surface area (Å²) in [6.45, 7) is 4.40. The molecule has 92 valence electrons. The number of benzene rings is 1. The van der Waals surface area contributed by atoms with Crippen molar-refractivity contribution in [2.75, 3.05) is 0 Å². The van der Waals surface area contributed by atoms with Gasteiger partial charge in [-0.25, -0.2) is 4.98 Å². The number of nitrogens with one attached hydrogen (secondary N) is 1. The highest BCUT2D eigenvalue weighted by molar-refractivity contribution is 5.58. The molecule has 1 aliphatic carbocycles. The van der Waals surface area contributed by atoms with Gasteiger partial charge in [0.05, 0.1) is 5.69 Å². The van der Waals surface area contributed by atoms with Crippen molar-refractivity contribution in [3.63, 3.8) is 0 Å². The van der Waals surface area contributed by atoms with E-state index in [4.69, 9.17) is 0 Å². The quantitative estimate of drug-likeness (QED) is 0.877. The third kappa shape index (κ3) is 1.96. The van der Waals surface area contributed by atoms with Crippen LogP contribution in [0.5, 0.6) is 0 Å². The molecular weight excluding hydrogens is 224 g/mol. The first-order chi connectivity index (χ1) is 8.56. The number of hydrogen-bond acceptors (Lipinski definition) is 2. The number of hydrogen-bond donors (Lipinski definition) is 1. The van der Waals surface area contributed by atoms with Gasteiger partial charge in [-0.1, -0.05) is 44.2 Å². The molecule has 18 heavy (non-hydrogen) atoms. The van der Waals surface area contributed by atoms with Gasteiger partial charge in [0.25, 0.3) is 5.56 Å². The molecular formula is C15H16N2O. The van der Waals surface area contributed by atoms with Crippen molar-refractivity contribution < 1.29 is 0 Å². The van der Waals surface area contributed by atoms with Crippen LogP contribution >= 0.6 is 0 Å². The van der Waals surface area contributed by atoms with Crippen LogP contribution in [-0.4, -0.2) is 9.97 Å². The van der Waals surface area contributed by atoms with Crippen LogP contribution in [-0.2, 0) is 0 Å². The molecule has 1 aromatic carbocycles. The molecule has 3 rings (SSSR count). The zero-order chi connectivity index (χ0) is 12.8. The Hall–Kier alpha value is -1.90. The Morgan fingerprint density at radius 3 is 2.56 bits per heavy atom. The van der Waals surface area contributed by atoms with Crippen LogP contribution in [0.4, 0.5) is 0 Å². The molecule has 2 aromatic rings. The molecule has 0 amide bonds. The minimum atomic E-state index is -0.0680. The smallest absolute Gasteiger partial charge is 0.251 e. The van der Waals surface area contributed by atoms with Crippen LogP contribution in [0.25, 0.3) is 11.3 Å². The van der Waals surface area contributed by atoms with Gasteiger partial charge in [-0.3, -0.25) is 4.79 Å². The first kappa shape index (κ1) is 11.2. The second-order valence-electron chi connectivity index (χ2n) is 5.63. The zero-order valence-electron chi connectivity index (χ0n) is 10.6. The number of aromatic amines is 1. The van der Waals surface area contributed by atoms with Crippen LogP contribution in [0.15, 0.2) is 41.2 Å². The van der Waals surface area contributed by atoms with Gasteiger partial charge in [-0.15, -0.1) is 0 Å². The van der Waals surface area contributed by atoms with Gasteiger partial charge >= 0.3 is 0 Å². The largest absolute Gasteiger partial charge is 0.310 e. The van der Waals surface area contributed by atoms with Gasteiger partial charge in [0.15, 0.2) is 0 Å². The Morgan fingerprint density at radius 1 is 1.28 bits per heavy atom. The molecule has 1 aromatic heterocycles. The van der Waals surface area contributed by atoms with Crippen LogP contribution < -0.4 is 5.56 Å². The monoisotopic (exact) mass is 240 g/mol. The molecule has 1 atom stereocenters. The zero-order valence-corrected chi connectivity index (χ0v) is 10.6. The molecule has 1 aliphatic rings. The van der Waals surface area contributed by atoms with Crippen LogP contribution in [0.2, 0.25) is 0 Å². The molecule has 1 unspecified atom stereocenters. The van der Waals surface area contributed by atoms with Crippen LogP contribution in [0, 0.1) is 5.41 Å². The van der Waals surface area contributed by atoms with Crippen molar-refractivity contribution in [3.8, 4) is 11.3 Å². The third-order valence-electron chi connectivity index (χ3n) is 3.67. The number of nitrogens with zero attached hydrogens (tertiary/aromatic N) is 1. The normalized spacial score (nSPS) is 20.7. The maximum Gasteiger partial charge on any atom is 0.251 e. The maximum atomic E-state index is 11.7. The van der Waals surface area contributed by atoms with E-state index in [1.165, 1.54) is 0 Å². The van der Waals surface area contributed by atoms with Gasteiger partial charge in [-0.2, -0.15) is 0 Å². The van der Waals surface area contributed by atoms with Crippen molar-refractivity contribution >= 4 is 0 Å². The van der Waals surface area contributed by atoms with E-state index in [-0.39, 0.29) is 11.0 Å². The lowest BCUT2D eigenvalue weighted by molar-refractivity contribution is 0.607. The highest BCUT2D eigenvalue weighted by Gasteiger charge is 2.48. The summed E-state index contributed by atoms with van der Waals surface area (Å²) in [6, 6.07) is 11.4. The van der Waals surface area contributed by atoms with Crippen LogP contribution in [0.1, 0.15) is 32.0 Å². The lowest BCUT2D eigenvalue weighted by Crippen LogP contribution is -2.11. The van der Waals surface area contributed by atoms with Gasteiger partial charge in [0.1, 0.15) is 5.82 Å². The van der Waals surface area contributed by atoms with Gasteiger partial charge in [0, 0.05) is 17.5 Å². The Labute approximate surface area is 106 Å². The van der Waals surface area contributed by atoms with E-state index in [9.17, 15) is 4.79 Å². The average Bonchev–Trinajstić information content (AvgIpc) is 2.99. The second kappa shape index (κ2) is 3.80. The van der Waals surface area contributed by atoms with Gasteiger partial charge in [0.2, 0.25) is 0 Å². The molecule has 1 heterocycles. The lowest BCUT2D eigenvalue weighted by atomic mass is 10.1. The molecule has 0 aliphatic heterocycles. The first-order valence-corrected chi connectivity index (χ1v) is 6.23. The van der Waals surface area contributed by atoms with E-state index < -0.39 is 0 Å². The summed E-state index contributed by atoms with van der Waals surface area (Å²) >= 11 is 0. The Bertz CT molecular complexity index is 628. The van der Waals surface area contributed by atoms with E-state index in [2.05, 4.69) is 23.8 Å². The third-order valence-corrected chi connectivity index (χ3v) is 3.67. The highest BCUT2D eigenvalue weighted by atomic mass is 16.1. The van der Waals surface area contributed by atoms with Crippen molar-refractivity contribution in [3.05, 3.63) is 52.6 Å². The summed E-state index contributed by atoms with van der Waals surface area (Å²) in [5.41, 5.74) is 1.95. The van der Waals surface area contributed by atoms with E-state index in [0.29, 0.717) is 5.92 Å². The fourth-order valence-corrected chi connectivity index (χ4v) is 2.33. The molecule has 3 nitrogen and oxygen atoms in total. The van der Waals surface area contributed by atoms with Crippen LogP contribution in [0.3, 0.4) is 0 Å². The number of H-pyrrole nitrogens is 1. The second-order valence-corrected chi connectivity index (χ2v) is 5.63. The molecule has 1 fully saturated rings. The molecule has 0 radical (unpaired) electrons. The fraction of sp³-hybridized carbons (Fsp3) is 0.333. The van der Waals surface area contributed by atoms with Crippen molar-refractivity contribution in [1.29, 1.82) is 0 Å². The van der Waals surface area contributed by atoms with Crippen molar-refractivity contribution in [2.45, 2.75) is 26.2 Å². The Balaban J connectivity index is 2.05. The highest BCUT2D eigenvalue weighted by Crippen LogP contribution is 2.57. The summed E-state index contributed by atoms with van der Waals surface area (Å²) in [4.78, 5) is 19.2. The van der Waals surface area contributed by atoms with Crippen molar-refractivity contribution in [2.24, 2.45) is 5.41 Å². The minimum Gasteiger partial charge on any atom is -0.310 e. The fourth-order valence-electron chi connectivity index (χ4n) is 2.33. The summed E-state index contributed by atoms with van der Waals surface area (Å²) < 4.78 is 0.